The van der Waals surface area contributed by atoms with E-state index in [9.17, 15) is 18.4 Å². The molecule has 2 saturated heterocycles. The number of benzene rings is 1. The van der Waals surface area contributed by atoms with E-state index in [1.165, 1.54) is 11.1 Å². The molecular weight excluding hydrogens is 376 g/mol. The number of nitrogens with zero attached hydrogens (tertiary/aromatic N) is 2. The van der Waals surface area contributed by atoms with Gasteiger partial charge in [0.2, 0.25) is 11.8 Å². The van der Waals surface area contributed by atoms with Crippen LogP contribution < -0.4 is 5.32 Å². The van der Waals surface area contributed by atoms with Gasteiger partial charge in [-0.15, -0.1) is 0 Å². The number of carbonyl (C=O) groups excluding carboxylic acids is 2. The van der Waals surface area contributed by atoms with Crippen LogP contribution in [0.25, 0.3) is 0 Å². The van der Waals surface area contributed by atoms with Gasteiger partial charge in [0, 0.05) is 31.1 Å². The molecule has 7 heteroatoms. The average molecular weight is 403 g/mol. The first-order valence-corrected chi connectivity index (χ1v) is 10.6. The maximum Gasteiger partial charge on any atom is 0.260 e. The summed E-state index contributed by atoms with van der Waals surface area (Å²) in [7, 11) is 1.97. The Bertz CT molecular complexity index is 831. The van der Waals surface area contributed by atoms with Crippen LogP contribution in [0.5, 0.6) is 0 Å². The van der Waals surface area contributed by atoms with Crippen molar-refractivity contribution in [3.05, 3.63) is 35.4 Å². The van der Waals surface area contributed by atoms with Crippen molar-refractivity contribution < 1.29 is 18.4 Å². The SMILES string of the molecule is CN1Cc2ccccc2CC1C(=O)NC1C[C@H]2CC[C@@H](C1)N2C(=O)C1CC1(F)F. The summed E-state index contributed by atoms with van der Waals surface area (Å²) in [5.41, 5.74) is 2.48. The van der Waals surface area contributed by atoms with Crippen LogP contribution in [0.4, 0.5) is 8.78 Å². The molecule has 2 bridgehead atoms. The fourth-order valence-electron chi connectivity index (χ4n) is 5.56. The van der Waals surface area contributed by atoms with E-state index in [1.54, 1.807) is 4.90 Å². The summed E-state index contributed by atoms with van der Waals surface area (Å²) in [4.78, 5) is 29.3. The molecule has 1 aromatic carbocycles. The Balaban J connectivity index is 1.22. The average Bonchev–Trinajstić information content (AvgIpc) is 3.24. The van der Waals surface area contributed by atoms with Crippen LogP contribution in [-0.2, 0) is 22.6 Å². The van der Waals surface area contributed by atoms with Gasteiger partial charge in [0.1, 0.15) is 5.92 Å². The second-order valence-electron chi connectivity index (χ2n) is 9.23. The lowest BCUT2D eigenvalue weighted by molar-refractivity contribution is -0.139. The molecule has 3 heterocycles. The Morgan fingerprint density at radius 2 is 1.72 bits per heavy atom. The minimum absolute atomic E-state index is 0.00864. The largest absolute Gasteiger partial charge is 0.352 e. The Morgan fingerprint density at radius 1 is 1.10 bits per heavy atom. The summed E-state index contributed by atoms with van der Waals surface area (Å²) in [6.07, 6.45) is 3.41. The van der Waals surface area contributed by atoms with Crippen molar-refractivity contribution in [2.75, 3.05) is 7.05 Å². The molecule has 156 valence electrons. The van der Waals surface area contributed by atoms with Gasteiger partial charge in [-0.05, 0) is 50.3 Å². The summed E-state index contributed by atoms with van der Waals surface area (Å²) in [5.74, 6) is -4.29. The number of nitrogens with one attached hydrogen (secondary N) is 1. The van der Waals surface area contributed by atoms with Gasteiger partial charge in [-0.1, -0.05) is 24.3 Å². The van der Waals surface area contributed by atoms with Crippen LogP contribution in [0.3, 0.4) is 0 Å². The summed E-state index contributed by atoms with van der Waals surface area (Å²) >= 11 is 0. The zero-order valence-corrected chi connectivity index (χ0v) is 16.6. The third-order valence-electron chi connectivity index (χ3n) is 7.24. The molecule has 3 unspecified atom stereocenters. The van der Waals surface area contributed by atoms with Crippen LogP contribution in [0.1, 0.15) is 43.2 Å². The molecule has 0 spiro atoms. The van der Waals surface area contributed by atoms with Gasteiger partial charge in [0.05, 0.1) is 6.04 Å². The highest BCUT2D eigenvalue weighted by Crippen LogP contribution is 2.51. The Labute approximate surface area is 169 Å². The van der Waals surface area contributed by atoms with Gasteiger partial charge in [0.15, 0.2) is 0 Å². The molecule has 29 heavy (non-hydrogen) atoms. The minimum atomic E-state index is -2.82. The molecule has 5 atom stereocenters. The molecule has 3 aliphatic heterocycles. The van der Waals surface area contributed by atoms with Crippen LogP contribution in [0.2, 0.25) is 0 Å². The number of amides is 2. The first kappa shape index (κ1) is 19.0. The normalized spacial score (nSPS) is 35.1. The van der Waals surface area contributed by atoms with Gasteiger partial charge in [0.25, 0.3) is 5.92 Å². The second-order valence-corrected chi connectivity index (χ2v) is 9.23. The monoisotopic (exact) mass is 403 g/mol. The van der Waals surface area contributed by atoms with Crippen LogP contribution in [0, 0.1) is 5.92 Å². The zero-order chi connectivity index (χ0) is 20.3. The third-order valence-corrected chi connectivity index (χ3v) is 7.24. The molecule has 5 rings (SSSR count). The first-order valence-electron chi connectivity index (χ1n) is 10.6. The fourth-order valence-corrected chi connectivity index (χ4v) is 5.56. The lowest BCUT2D eigenvalue weighted by atomic mass is 9.92. The van der Waals surface area contributed by atoms with Gasteiger partial charge in [-0.2, -0.15) is 0 Å². The number of alkyl halides is 2. The summed E-state index contributed by atoms with van der Waals surface area (Å²) < 4.78 is 26.7. The zero-order valence-electron chi connectivity index (χ0n) is 16.6. The van der Waals surface area contributed by atoms with Crippen LogP contribution in [-0.4, -0.2) is 58.8 Å². The van der Waals surface area contributed by atoms with Crippen molar-refractivity contribution >= 4 is 11.8 Å². The van der Waals surface area contributed by atoms with Crippen LogP contribution >= 0.6 is 0 Å². The van der Waals surface area contributed by atoms with Crippen molar-refractivity contribution in [3.63, 3.8) is 0 Å². The molecule has 4 aliphatic rings. The van der Waals surface area contributed by atoms with Crippen LogP contribution in [0.15, 0.2) is 24.3 Å². The third kappa shape index (κ3) is 3.33. The van der Waals surface area contributed by atoms with Gasteiger partial charge in [-0.3, -0.25) is 14.5 Å². The summed E-state index contributed by atoms with van der Waals surface area (Å²) in [5, 5.41) is 3.20. The van der Waals surface area contributed by atoms with Crippen molar-refractivity contribution in [1.82, 2.24) is 15.1 Å². The van der Waals surface area contributed by atoms with E-state index in [-0.39, 0.29) is 42.4 Å². The highest BCUT2D eigenvalue weighted by molar-refractivity contribution is 5.84. The number of rotatable bonds is 3. The lowest BCUT2D eigenvalue weighted by Crippen LogP contribution is -2.56. The number of carbonyl (C=O) groups is 2. The van der Waals surface area contributed by atoms with Crippen molar-refractivity contribution in [1.29, 1.82) is 0 Å². The predicted octanol–water partition coefficient (Wildman–Crippen LogP) is 2.34. The molecule has 1 N–H and O–H groups in total. The van der Waals surface area contributed by atoms with E-state index in [4.69, 9.17) is 0 Å². The van der Waals surface area contributed by atoms with E-state index in [1.807, 2.05) is 19.2 Å². The number of hydrogen-bond donors (Lipinski definition) is 1. The number of piperidine rings is 1. The van der Waals surface area contributed by atoms with E-state index in [2.05, 4.69) is 22.3 Å². The van der Waals surface area contributed by atoms with E-state index >= 15 is 0 Å². The lowest BCUT2D eigenvalue weighted by Gasteiger charge is -2.40. The number of likely N-dealkylation sites (N-methyl/N-ethyl adjacent to an activating group) is 1. The van der Waals surface area contributed by atoms with Gasteiger partial charge >= 0.3 is 0 Å². The quantitative estimate of drug-likeness (QED) is 0.843. The molecule has 5 nitrogen and oxygen atoms in total. The predicted molar refractivity (Wildman–Crippen MR) is 103 cm³/mol. The van der Waals surface area contributed by atoms with E-state index in [0.29, 0.717) is 19.3 Å². The highest BCUT2D eigenvalue weighted by atomic mass is 19.3. The molecule has 1 aliphatic carbocycles. The first-order chi connectivity index (χ1) is 13.8. The second kappa shape index (κ2) is 6.76. The number of fused-ring (bicyclic) bond motifs is 3. The van der Waals surface area contributed by atoms with Crippen molar-refractivity contribution in [2.45, 2.75) is 75.2 Å². The van der Waals surface area contributed by atoms with Gasteiger partial charge < -0.3 is 10.2 Å². The Kier molecular flexibility index (Phi) is 4.42. The summed E-state index contributed by atoms with van der Waals surface area (Å²) in [6.45, 7) is 0.752. The Morgan fingerprint density at radius 3 is 2.34 bits per heavy atom. The van der Waals surface area contributed by atoms with Crippen molar-refractivity contribution in [3.8, 4) is 0 Å². The van der Waals surface area contributed by atoms with Crippen molar-refractivity contribution in [2.24, 2.45) is 5.92 Å². The Hall–Kier alpha value is -2.02. The van der Waals surface area contributed by atoms with Gasteiger partial charge in [-0.25, -0.2) is 8.78 Å². The molecule has 1 aromatic rings. The minimum Gasteiger partial charge on any atom is -0.352 e. The fraction of sp³-hybridized carbons (Fsp3) is 0.636. The number of halogens is 2. The molecule has 0 aromatic heterocycles. The topological polar surface area (TPSA) is 52.7 Å². The molecule has 3 fully saturated rings. The summed E-state index contributed by atoms with van der Waals surface area (Å²) in [6, 6.07) is 7.98. The molecule has 0 radical (unpaired) electrons. The maximum atomic E-state index is 13.4. The van der Waals surface area contributed by atoms with E-state index < -0.39 is 11.8 Å². The standard InChI is InChI=1S/C22H27F2N3O2/c1-26-12-14-5-3-2-4-13(14)8-19(26)20(28)25-15-9-16-6-7-17(10-15)27(16)21(29)18-11-22(18,23)24/h2-5,15-19H,6-12H2,1H3,(H,25,28)/t15?,16-,17+,18?,19?. The number of hydrogen-bond acceptors (Lipinski definition) is 3. The maximum absolute atomic E-state index is 13.4. The molecule has 1 saturated carbocycles. The van der Waals surface area contributed by atoms with E-state index in [0.717, 1.165) is 19.4 Å². The molecule has 2 amide bonds. The molecular formula is C22H27F2N3O2. The highest BCUT2D eigenvalue weighted by Gasteiger charge is 2.64. The smallest absolute Gasteiger partial charge is 0.260 e.